The lowest BCUT2D eigenvalue weighted by molar-refractivity contribution is 0.131. The number of ether oxygens (including phenoxy) is 1. The number of hydrogen-bond acceptors (Lipinski definition) is 5. The van der Waals surface area contributed by atoms with Crippen LogP contribution in [0.25, 0.3) is 0 Å². The standard InChI is InChI=1S/C20H24ClN3O2/c1-2-26-19-9-5-7-16(20(19)25)14-22-24-12-10-23(11-13-24)15-17-6-3-4-8-18(17)21/h3-9,14,25H,2,10-13,15H2,1H3/b22-14-. The zero-order valence-electron chi connectivity index (χ0n) is 14.9. The number of aromatic hydroxyl groups is 1. The predicted molar refractivity (Wildman–Crippen MR) is 105 cm³/mol. The van der Waals surface area contributed by atoms with Crippen LogP contribution in [0.1, 0.15) is 18.1 Å². The van der Waals surface area contributed by atoms with Gasteiger partial charge in [0, 0.05) is 43.3 Å². The van der Waals surface area contributed by atoms with Crippen molar-refractivity contribution in [3.05, 3.63) is 58.6 Å². The van der Waals surface area contributed by atoms with Crippen LogP contribution in [0.2, 0.25) is 5.02 Å². The van der Waals surface area contributed by atoms with E-state index in [1.165, 1.54) is 0 Å². The third-order valence-corrected chi connectivity index (χ3v) is 4.76. The van der Waals surface area contributed by atoms with Gasteiger partial charge in [-0.05, 0) is 30.7 Å². The highest BCUT2D eigenvalue weighted by atomic mass is 35.5. The van der Waals surface area contributed by atoms with Crippen LogP contribution in [0.15, 0.2) is 47.6 Å². The van der Waals surface area contributed by atoms with Gasteiger partial charge in [-0.15, -0.1) is 0 Å². The Morgan fingerprint density at radius 1 is 1.12 bits per heavy atom. The SMILES string of the molecule is CCOc1cccc(/C=N\N2CCN(Cc3ccccc3Cl)CC2)c1O. The molecule has 3 rings (SSSR count). The molecule has 0 atom stereocenters. The van der Waals surface area contributed by atoms with Crippen LogP contribution in [0.5, 0.6) is 11.5 Å². The van der Waals surface area contributed by atoms with E-state index in [0.717, 1.165) is 43.3 Å². The molecule has 0 unspecified atom stereocenters. The summed E-state index contributed by atoms with van der Waals surface area (Å²) in [5.41, 5.74) is 1.82. The highest BCUT2D eigenvalue weighted by Gasteiger charge is 2.16. The summed E-state index contributed by atoms with van der Waals surface area (Å²) in [6.07, 6.45) is 1.70. The van der Waals surface area contributed by atoms with Crippen LogP contribution in [-0.2, 0) is 6.54 Å². The van der Waals surface area contributed by atoms with Gasteiger partial charge in [0.2, 0.25) is 0 Å². The summed E-state index contributed by atoms with van der Waals surface area (Å²) in [5, 5.41) is 17.6. The Morgan fingerprint density at radius 3 is 2.62 bits per heavy atom. The second-order valence-electron chi connectivity index (χ2n) is 6.19. The summed E-state index contributed by atoms with van der Waals surface area (Å²) in [6.45, 7) is 6.79. The molecule has 0 spiro atoms. The fourth-order valence-corrected chi connectivity index (χ4v) is 3.13. The molecule has 1 fully saturated rings. The van der Waals surface area contributed by atoms with Crippen molar-refractivity contribution in [1.29, 1.82) is 0 Å². The summed E-state index contributed by atoms with van der Waals surface area (Å²) in [4.78, 5) is 2.38. The molecule has 26 heavy (non-hydrogen) atoms. The topological polar surface area (TPSA) is 48.3 Å². The van der Waals surface area contributed by atoms with Gasteiger partial charge < -0.3 is 9.84 Å². The molecule has 0 amide bonds. The smallest absolute Gasteiger partial charge is 0.166 e. The fraction of sp³-hybridized carbons (Fsp3) is 0.350. The minimum atomic E-state index is 0.135. The van der Waals surface area contributed by atoms with Gasteiger partial charge in [0.1, 0.15) is 0 Å². The van der Waals surface area contributed by atoms with Gasteiger partial charge in [0.15, 0.2) is 11.5 Å². The Kier molecular flexibility index (Phi) is 6.36. The minimum absolute atomic E-state index is 0.135. The van der Waals surface area contributed by atoms with Crippen molar-refractivity contribution < 1.29 is 9.84 Å². The van der Waals surface area contributed by atoms with E-state index in [1.54, 1.807) is 12.3 Å². The molecule has 0 saturated carbocycles. The molecule has 1 aliphatic rings. The van der Waals surface area contributed by atoms with E-state index in [4.69, 9.17) is 16.3 Å². The van der Waals surface area contributed by atoms with Crippen molar-refractivity contribution >= 4 is 17.8 Å². The number of para-hydroxylation sites is 1. The number of hydrazone groups is 1. The van der Waals surface area contributed by atoms with E-state index in [0.29, 0.717) is 17.9 Å². The zero-order chi connectivity index (χ0) is 18.4. The second-order valence-corrected chi connectivity index (χ2v) is 6.60. The average Bonchev–Trinajstić information content (AvgIpc) is 2.66. The zero-order valence-corrected chi connectivity index (χ0v) is 15.7. The van der Waals surface area contributed by atoms with Crippen molar-refractivity contribution in [2.24, 2.45) is 5.10 Å². The number of phenols is 1. The number of nitrogens with zero attached hydrogens (tertiary/aromatic N) is 3. The number of rotatable bonds is 6. The number of phenolic OH excluding ortho intramolecular Hbond substituents is 1. The maximum Gasteiger partial charge on any atom is 0.166 e. The third kappa shape index (κ3) is 4.68. The van der Waals surface area contributed by atoms with E-state index >= 15 is 0 Å². The van der Waals surface area contributed by atoms with Gasteiger partial charge in [0.05, 0.1) is 12.8 Å². The first kappa shape index (κ1) is 18.5. The normalized spacial score (nSPS) is 15.5. The molecule has 1 N–H and O–H groups in total. The highest BCUT2D eigenvalue weighted by molar-refractivity contribution is 6.31. The van der Waals surface area contributed by atoms with E-state index in [2.05, 4.69) is 16.1 Å². The minimum Gasteiger partial charge on any atom is -0.504 e. The Balaban J connectivity index is 1.55. The number of benzene rings is 2. The Morgan fingerprint density at radius 2 is 1.88 bits per heavy atom. The molecule has 1 aliphatic heterocycles. The summed E-state index contributed by atoms with van der Waals surface area (Å²) < 4.78 is 5.41. The van der Waals surface area contributed by atoms with Crippen LogP contribution >= 0.6 is 11.6 Å². The van der Waals surface area contributed by atoms with Crippen molar-refractivity contribution in [3.63, 3.8) is 0 Å². The third-order valence-electron chi connectivity index (χ3n) is 4.39. The predicted octanol–water partition coefficient (Wildman–Crippen LogP) is 3.60. The van der Waals surface area contributed by atoms with Crippen LogP contribution in [-0.4, -0.2) is 54.0 Å². The van der Waals surface area contributed by atoms with Gasteiger partial charge in [-0.1, -0.05) is 35.9 Å². The molecule has 0 aliphatic carbocycles. The van der Waals surface area contributed by atoms with Gasteiger partial charge in [-0.25, -0.2) is 0 Å². The molecular formula is C20H24ClN3O2. The summed E-state index contributed by atoms with van der Waals surface area (Å²) in [7, 11) is 0. The molecule has 0 aromatic heterocycles. The molecule has 138 valence electrons. The lowest BCUT2D eigenvalue weighted by Gasteiger charge is -2.33. The lowest BCUT2D eigenvalue weighted by atomic mass is 10.2. The molecule has 0 radical (unpaired) electrons. The largest absolute Gasteiger partial charge is 0.504 e. The van der Waals surface area contributed by atoms with Crippen LogP contribution in [0.4, 0.5) is 0 Å². The molecule has 1 heterocycles. The average molecular weight is 374 g/mol. The summed E-state index contributed by atoms with van der Waals surface area (Å²) in [5.74, 6) is 0.622. The number of piperazine rings is 1. The van der Waals surface area contributed by atoms with E-state index in [-0.39, 0.29) is 5.75 Å². The highest BCUT2D eigenvalue weighted by Crippen LogP contribution is 2.28. The van der Waals surface area contributed by atoms with Crippen LogP contribution in [0, 0.1) is 0 Å². The van der Waals surface area contributed by atoms with E-state index in [9.17, 15) is 5.11 Å². The Hall–Kier alpha value is -2.24. The first-order chi connectivity index (χ1) is 12.7. The molecule has 5 nitrogen and oxygen atoms in total. The van der Waals surface area contributed by atoms with Crippen molar-refractivity contribution in [2.75, 3.05) is 32.8 Å². The number of halogens is 1. The van der Waals surface area contributed by atoms with E-state index in [1.807, 2.05) is 42.3 Å². The maximum atomic E-state index is 10.2. The Bertz CT molecular complexity index is 758. The summed E-state index contributed by atoms with van der Waals surface area (Å²) in [6, 6.07) is 13.4. The molecule has 2 aromatic carbocycles. The molecule has 2 aromatic rings. The monoisotopic (exact) mass is 373 g/mol. The first-order valence-corrected chi connectivity index (χ1v) is 9.24. The quantitative estimate of drug-likeness (QED) is 0.786. The van der Waals surface area contributed by atoms with Crippen molar-refractivity contribution in [1.82, 2.24) is 9.91 Å². The van der Waals surface area contributed by atoms with Crippen LogP contribution in [0.3, 0.4) is 0 Å². The maximum absolute atomic E-state index is 10.2. The van der Waals surface area contributed by atoms with Crippen molar-refractivity contribution in [2.45, 2.75) is 13.5 Å². The second kappa shape index (κ2) is 8.92. The van der Waals surface area contributed by atoms with Crippen LogP contribution < -0.4 is 4.74 Å². The molecular weight excluding hydrogens is 350 g/mol. The lowest BCUT2D eigenvalue weighted by Crippen LogP contribution is -2.43. The van der Waals surface area contributed by atoms with Crippen molar-refractivity contribution in [3.8, 4) is 11.5 Å². The van der Waals surface area contributed by atoms with Gasteiger partial charge in [-0.2, -0.15) is 5.10 Å². The molecule has 1 saturated heterocycles. The fourth-order valence-electron chi connectivity index (χ4n) is 2.94. The summed E-state index contributed by atoms with van der Waals surface area (Å²) >= 11 is 6.25. The Labute approximate surface area is 159 Å². The first-order valence-electron chi connectivity index (χ1n) is 8.87. The molecule has 6 heteroatoms. The van der Waals surface area contributed by atoms with Gasteiger partial charge in [0.25, 0.3) is 0 Å². The number of hydrogen-bond donors (Lipinski definition) is 1. The van der Waals surface area contributed by atoms with E-state index < -0.39 is 0 Å². The molecule has 0 bridgehead atoms. The van der Waals surface area contributed by atoms with Gasteiger partial charge in [-0.3, -0.25) is 9.91 Å². The van der Waals surface area contributed by atoms with Gasteiger partial charge >= 0.3 is 0 Å².